The molecule has 128 valence electrons. The molecule has 7 heteroatoms. The predicted octanol–water partition coefficient (Wildman–Crippen LogP) is 3.56. The highest BCUT2D eigenvalue weighted by Crippen LogP contribution is 2.27. The first-order chi connectivity index (χ1) is 11.4. The van der Waals surface area contributed by atoms with Gasteiger partial charge in [-0.05, 0) is 42.5 Å². The summed E-state index contributed by atoms with van der Waals surface area (Å²) in [5.41, 5.74) is 2.06. The molecule has 1 aliphatic heterocycles. The van der Waals surface area contributed by atoms with E-state index < -0.39 is 11.9 Å². The summed E-state index contributed by atoms with van der Waals surface area (Å²) in [6, 6.07) is 2.40. The summed E-state index contributed by atoms with van der Waals surface area (Å²) in [4.78, 5) is 20.8. The number of likely N-dealkylation sites (tertiary alicyclic amines) is 1. The summed E-state index contributed by atoms with van der Waals surface area (Å²) in [7, 11) is 0. The van der Waals surface area contributed by atoms with Gasteiger partial charge in [-0.25, -0.2) is 0 Å². The molecule has 0 radical (unpaired) electrons. The molecule has 1 fully saturated rings. The van der Waals surface area contributed by atoms with E-state index in [9.17, 15) is 18.0 Å². The second kappa shape index (κ2) is 6.30. The fourth-order valence-corrected chi connectivity index (χ4v) is 2.94. The number of nitrogens with one attached hydrogen (secondary N) is 1. The van der Waals surface area contributed by atoms with Gasteiger partial charge in [0.2, 0.25) is 0 Å². The molecule has 24 heavy (non-hydrogen) atoms. The van der Waals surface area contributed by atoms with Crippen molar-refractivity contribution < 1.29 is 18.0 Å². The molecular formula is C17H18F3N3O. The maximum Gasteiger partial charge on any atom is 0.433 e. The average molecular weight is 337 g/mol. The molecule has 4 nitrogen and oxygen atoms in total. The second-order valence-electron chi connectivity index (χ2n) is 6.04. The van der Waals surface area contributed by atoms with Gasteiger partial charge in [-0.3, -0.25) is 9.78 Å². The smallest absolute Gasteiger partial charge is 0.357 e. The summed E-state index contributed by atoms with van der Waals surface area (Å²) in [5.74, 6) is -0.0122. The molecule has 0 atom stereocenters. The maximum absolute atomic E-state index is 12.5. The Morgan fingerprint density at radius 3 is 2.58 bits per heavy atom. The number of hydrogen-bond acceptors (Lipinski definition) is 2. The third kappa shape index (κ3) is 3.29. The van der Waals surface area contributed by atoms with Crippen LogP contribution in [0.4, 0.5) is 13.2 Å². The molecule has 0 aromatic carbocycles. The fraction of sp³-hybridized carbons (Fsp3) is 0.412. The molecule has 3 rings (SSSR count). The van der Waals surface area contributed by atoms with Gasteiger partial charge in [-0.15, -0.1) is 0 Å². The van der Waals surface area contributed by atoms with Crippen molar-refractivity contribution in [2.24, 2.45) is 0 Å². The van der Waals surface area contributed by atoms with Crippen LogP contribution in [0.1, 0.15) is 45.7 Å². The topological polar surface area (TPSA) is 49.0 Å². The van der Waals surface area contributed by atoms with Crippen molar-refractivity contribution in [1.82, 2.24) is 14.9 Å². The number of aromatic amines is 1. The predicted molar refractivity (Wildman–Crippen MR) is 82.7 cm³/mol. The lowest BCUT2D eigenvalue weighted by atomic mass is 10.0. The molecule has 0 aliphatic carbocycles. The van der Waals surface area contributed by atoms with E-state index in [0.717, 1.165) is 43.1 Å². The largest absolute Gasteiger partial charge is 0.433 e. The second-order valence-corrected chi connectivity index (χ2v) is 6.04. The zero-order chi connectivity index (χ0) is 17.3. The number of alkyl halides is 3. The standard InChI is InChI=1S/C17H18F3N3O/c1-11-13(8-12-4-5-14(21-9-12)17(18,19)20)10-22-15(11)16(24)23-6-2-3-7-23/h4-5,9-10,22H,2-3,6-8H2,1H3. The third-order valence-corrected chi connectivity index (χ3v) is 4.36. The van der Waals surface area contributed by atoms with Gasteiger partial charge in [0.05, 0.1) is 0 Å². The van der Waals surface area contributed by atoms with Gasteiger partial charge in [-0.2, -0.15) is 13.2 Å². The van der Waals surface area contributed by atoms with Crippen LogP contribution in [-0.2, 0) is 12.6 Å². The molecule has 0 unspecified atom stereocenters. The summed E-state index contributed by atoms with van der Waals surface area (Å²) < 4.78 is 37.6. The Morgan fingerprint density at radius 2 is 2.00 bits per heavy atom. The Kier molecular flexibility index (Phi) is 4.34. The Morgan fingerprint density at radius 1 is 1.29 bits per heavy atom. The number of halogens is 3. The molecule has 2 aromatic heterocycles. The number of aromatic nitrogens is 2. The minimum Gasteiger partial charge on any atom is -0.357 e. The van der Waals surface area contributed by atoms with Gasteiger partial charge in [0.25, 0.3) is 5.91 Å². The molecule has 0 saturated carbocycles. The number of H-pyrrole nitrogens is 1. The minimum absolute atomic E-state index is 0.0122. The monoisotopic (exact) mass is 337 g/mol. The molecule has 1 amide bonds. The Balaban J connectivity index is 1.75. The first-order valence-electron chi connectivity index (χ1n) is 7.84. The fourth-order valence-electron chi connectivity index (χ4n) is 2.94. The van der Waals surface area contributed by atoms with E-state index in [1.165, 1.54) is 12.3 Å². The quantitative estimate of drug-likeness (QED) is 0.931. The van der Waals surface area contributed by atoms with Crippen LogP contribution in [0.2, 0.25) is 0 Å². The Hall–Kier alpha value is -2.31. The van der Waals surface area contributed by atoms with Crippen molar-refractivity contribution in [2.45, 2.75) is 32.4 Å². The van der Waals surface area contributed by atoms with E-state index in [1.54, 1.807) is 6.20 Å². The van der Waals surface area contributed by atoms with Crippen molar-refractivity contribution in [3.8, 4) is 0 Å². The zero-order valence-corrected chi connectivity index (χ0v) is 13.3. The summed E-state index contributed by atoms with van der Waals surface area (Å²) in [6.45, 7) is 3.40. The number of hydrogen-bond donors (Lipinski definition) is 1. The number of nitrogens with zero attached hydrogens (tertiary/aromatic N) is 2. The van der Waals surface area contributed by atoms with Crippen molar-refractivity contribution >= 4 is 5.91 Å². The van der Waals surface area contributed by atoms with Crippen molar-refractivity contribution in [2.75, 3.05) is 13.1 Å². The van der Waals surface area contributed by atoms with Crippen molar-refractivity contribution in [3.63, 3.8) is 0 Å². The SMILES string of the molecule is Cc1c(Cc2ccc(C(F)(F)F)nc2)c[nH]c1C(=O)N1CCCC1. The van der Waals surface area contributed by atoms with Crippen LogP contribution < -0.4 is 0 Å². The van der Waals surface area contributed by atoms with E-state index in [2.05, 4.69) is 9.97 Å². The third-order valence-electron chi connectivity index (χ3n) is 4.36. The van der Waals surface area contributed by atoms with Crippen LogP contribution in [0.25, 0.3) is 0 Å². The van der Waals surface area contributed by atoms with E-state index in [1.807, 2.05) is 11.8 Å². The van der Waals surface area contributed by atoms with Gasteiger partial charge in [0, 0.05) is 31.9 Å². The molecule has 3 heterocycles. The van der Waals surface area contributed by atoms with Crippen LogP contribution in [0.5, 0.6) is 0 Å². The molecule has 1 aliphatic rings. The van der Waals surface area contributed by atoms with Gasteiger partial charge < -0.3 is 9.88 Å². The van der Waals surface area contributed by atoms with Crippen LogP contribution in [0.15, 0.2) is 24.5 Å². The van der Waals surface area contributed by atoms with Crippen LogP contribution in [-0.4, -0.2) is 33.9 Å². The Labute approximate surface area is 137 Å². The number of rotatable bonds is 3. The lowest BCUT2D eigenvalue weighted by Crippen LogP contribution is -2.28. The summed E-state index contributed by atoms with van der Waals surface area (Å²) >= 11 is 0. The van der Waals surface area contributed by atoms with Crippen LogP contribution in [0, 0.1) is 6.92 Å². The van der Waals surface area contributed by atoms with E-state index in [-0.39, 0.29) is 5.91 Å². The molecular weight excluding hydrogens is 319 g/mol. The first-order valence-corrected chi connectivity index (χ1v) is 7.84. The van der Waals surface area contributed by atoms with Crippen LogP contribution in [0.3, 0.4) is 0 Å². The van der Waals surface area contributed by atoms with Crippen molar-refractivity contribution in [1.29, 1.82) is 0 Å². The summed E-state index contributed by atoms with van der Waals surface area (Å²) in [6.07, 6.45) is 1.03. The van der Waals surface area contributed by atoms with Gasteiger partial charge >= 0.3 is 6.18 Å². The highest BCUT2D eigenvalue weighted by atomic mass is 19.4. The van der Waals surface area contributed by atoms with E-state index in [0.29, 0.717) is 17.7 Å². The number of amides is 1. The summed E-state index contributed by atoms with van der Waals surface area (Å²) in [5, 5.41) is 0. The Bertz CT molecular complexity index is 729. The van der Waals surface area contributed by atoms with Crippen molar-refractivity contribution in [3.05, 3.63) is 52.6 Å². The van der Waals surface area contributed by atoms with Crippen LogP contribution >= 0.6 is 0 Å². The number of carbonyl (C=O) groups is 1. The molecule has 0 bridgehead atoms. The lowest BCUT2D eigenvalue weighted by molar-refractivity contribution is -0.141. The molecule has 2 aromatic rings. The first kappa shape index (κ1) is 16.5. The number of pyridine rings is 1. The normalized spacial score (nSPS) is 15.1. The minimum atomic E-state index is -4.43. The van der Waals surface area contributed by atoms with Gasteiger partial charge in [-0.1, -0.05) is 6.07 Å². The highest BCUT2D eigenvalue weighted by Gasteiger charge is 2.32. The van der Waals surface area contributed by atoms with Gasteiger partial charge in [0.1, 0.15) is 11.4 Å². The highest BCUT2D eigenvalue weighted by molar-refractivity contribution is 5.94. The zero-order valence-electron chi connectivity index (χ0n) is 13.3. The molecule has 1 saturated heterocycles. The molecule has 1 N–H and O–H groups in total. The molecule has 0 spiro atoms. The maximum atomic E-state index is 12.5. The lowest BCUT2D eigenvalue weighted by Gasteiger charge is -2.14. The average Bonchev–Trinajstić information content (AvgIpc) is 3.18. The number of carbonyl (C=O) groups excluding carboxylic acids is 1. The van der Waals surface area contributed by atoms with Gasteiger partial charge in [0.15, 0.2) is 0 Å². The van der Waals surface area contributed by atoms with E-state index in [4.69, 9.17) is 0 Å². The van der Waals surface area contributed by atoms with E-state index >= 15 is 0 Å².